The minimum Gasteiger partial charge on any atom is -0.394 e. The van der Waals surface area contributed by atoms with Crippen molar-refractivity contribution in [3.05, 3.63) is 11.9 Å². The second-order valence-corrected chi connectivity index (χ2v) is 8.30. The molecule has 4 N–H and O–H groups in total. The molecule has 0 saturated carbocycles. The van der Waals surface area contributed by atoms with Gasteiger partial charge in [0.05, 0.1) is 19.4 Å². The Balaban J connectivity index is 1.85. The highest BCUT2D eigenvalue weighted by Gasteiger charge is 2.44. The molecule has 0 spiro atoms. The fraction of sp³-hybridized carbons (Fsp3) is 0.905. The number of rotatable bonds is 14. The van der Waals surface area contributed by atoms with Gasteiger partial charge in [0.25, 0.3) is 0 Å². The van der Waals surface area contributed by atoms with Crippen LogP contribution in [0.2, 0.25) is 0 Å². The number of hydrogen-bond acceptors (Lipinski definition) is 8. The van der Waals surface area contributed by atoms with Gasteiger partial charge in [-0.2, -0.15) is 0 Å². The third-order valence-corrected chi connectivity index (χ3v) is 5.71. The van der Waals surface area contributed by atoms with Crippen molar-refractivity contribution in [1.29, 1.82) is 0 Å². The largest absolute Gasteiger partial charge is 0.394 e. The molecule has 1 aromatic rings. The Bertz CT molecular complexity index is 585. The molecule has 1 fully saturated rings. The minimum absolute atomic E-state index is 0.0405. The van der Waals surface area contributed by atoms with Crippen LogP contribution in [0.4, 0.5) is 0 Å². The molecule has 6 atom stereocenters. The summed E-state index contributed by atoms with van der Waals surface area (Å²) in [5, 5.41) is 47.3. The van der Waals surface area contributed by atoms with Gasteiger partial charge in [0.2, 0.25) is 0 Å². The summed E-state index contributed by atoms with van der Waals surface area (Å²) in [5.41, 5.74) is 0.590. The van der Waals surface area contributed by atoms with E-state index in [-0.39, 0.29) is 6.61 Å². The lowest BCUT2D eigenvalue weighted by Crippen LogP contribution is -2.59. The molecule has 1 aliphatic heterocycles. The smallest absolute Gasteiger partial charge is 0.187 e. The summed E-state index contributed by atoms with van der Waals surface area (Å²) in [6.45, 7) is 4.80. The van der Waals surface area contributed by atoms with Crippen LogP contribution in [0.15, 0.2) is 6.20 Å². The van der Waals surface area contributed by atoms with Crippen LogP contribution in [0.25, 0.3) is 0 Å². The molecule has 9 heteroatoms. The SMILES string of the molecule is CCCCCCC(CCCC)Cn1cc(CO[C@@H]2O[C@H](CO)[C@@H](O)[C@H](O)[C@H]2O)nn1. The Morgan fingerprint density at radius 2 is 1.77 bits per heavy atom. The zero-order valence-electron chi connectivity index (χ0n) is 18.3. The van der Waals surface area contributed by atoms with E-state index in [0.717, 1.165) is 6.54 Å². The van der Waals surface area contributed by atoms with Crippen LogP contribution in [0, 0.1) is 5.92 Å². The summed E-state index contributed by atoms with van der Waals surface area (Å²) in [5.74, 6) is 0.572. The summed E-state index contributed by atoms with van der Waals surface area (Å²) in [6, 6.07) is 0. The average molecular weight is 430 g/mol. The van der Waals surface area contributed by atoms with Crippen LogP contribution in [0.1, 0.15) is 70.9 Å². The average Bonchev–Trinajstić information content (AvgIpc) is 3.20. The first-order valence-electron chi connectivity index (χ1n) is 11.3. The fourth-order valence-corrected chi connectivity index (χ4v) is 3.81. The van der Waals surface area contributed by atoms with Gasteiger partial charge >= 0.3 is 0 Å². The van der Waals surface area contributed by atoms with Crippen LogP contribution in [-0.2, 0) is 22.6 Å². The van der Waals surface area contributed by atoms with E-state index in [0.29, 0.717) is 11.6 Å². The molecule has 30 heavy (non-hydrogen) atoms. The van der Waals surface area contributed by atoms with Gasteiger partial charge in [-0.25, -0.2) is 0 Å². The molecule has 2 rings (SSSR count). The molecule has 0 bridgehead atoms. The molecule has 9 nitrogen and oxygen atoms in total. The molecule has 1 aliphatic rings. The van der Waals surface area contributed by atoms with Crippen LogP contribution in [0.3, 0.4) is 0 Å². The summed E-state index contributed by atoms with van der Waals surface area (Å²) in [6.07, 6.45) is 5.19. The van der Waals surface area contributed by atoms with E-state index in [1.54, 1.807) is 0 Å². The third kappa shape index (κ3) is 7.55. The number of hydrogen-bond donors (Lipinski definition) is 4. The van der Waals surface area contributed by atoms with Gasteiger partial charge in [-0.15, -0.1) is 5.10 Å². The van der Waals surface area contributed by atoms with Gasteiger partial charge in [-0.1, -0.05) is 57.6 Å². The summed E-state index contributed by atoms with van der Waals surface area (Å²) in [4.78, 5) is 0. The maximum atomic E-state index is 10.0. The van der Waals surface area contributed by atoms with E-state index in [1.165, 1.54) is 51.4 Å². The lowest BCUT2D eigenvalue weighted by molar-refractivity contribution is -0.304. The van der Waals surface area contributed by atoms with Gasteiger partial charge in [0.1, 0.15) is 30.1 Å². The Kier molecular flexibility index (Phi) is 11.2. The van der Waals surface area contributed by atoms with Crippen molar-refractivity contribution in [3.8, 4) is 0 Å². The van der Waals surface area contributed by atoms with Crippen LogP contribution >= 0.6 is 0 Å². The van der Waals surface area contributed by atoms with E-state index >= 15 is 0 Å². The molecular formula is C21H39N3O6. The molecule has 0 radical (unpaired) electrons. The second kappa shape index (κ2) is 13.3. The van der Waals surface area contributed by atoms with Crippen molar-refractivity contribution in [2.45, 2.75) is 109 Å². The predicted octanol–water partition coefficient (Wildman–Crippen LogP) is 1.37. The van der Waals surface area contributed by atoms with E-state index in [1.807, 2.05) is 10.9 Å². The maximum Gasteiger partial charge on any atom is 0.187 e. The molecule has 0 aromatic carbocycles. The van der Waals surface area contributed by atoms with Crippen LogP contribution in [0.5, 0.6) is 0 Å². The summed E-state index contributed by atoms with van der Waals surface area (Å²) < 4.78 is 12.7. The zero-order chi connectivity index (χ0) is 21.9. The van der Waals surface area contributed by atoms with Crippen molar-refractivity contribution < 1.29 is 29.9 Å². The van der Waals surface area contributed by atoms with Crippen LogP contribution in [-0.4, -0.2) is 72.7 Å². The van der Waals surface area contributed by atoms with Crippen molar-refractivity contribution in [1.82, 2.24) is 15.0 Å². The van der Waals surface area contributed by atoms with E-state index in [2.05, 4.69) is 24.2 Å². The Labute approximate surface area is 179 Å². The van der Waals surface area contributed by atoms with Gasteiger partial charge in [-0.3, -0.25) is 4.68 Å². The highest BCUT2D eigenvalue weighted by atomic mass is 16.7. The van der Waals surface area contributed by atoms with Gasteiger partial charge < -0.3 is 29.9 Å². The first-order chi connectivity index (χ1) is 14.5. The molecule has 1 aromatic heterocycles. The highest BCUT2D eigenvalue weighted by molar-refractivity contribution is 4.92. The number of aromatic nitrogens is 3. The molecule has 174 valence electrons. The first-order valence-corrected chi connectivity index (χ1v) is 11.3. The monoisotopic (exact) mass is 429 g/mol. The molecular weight excluding hydrogens is 390 g/mol. The predicted molar refractivity (Wildman–Crippen MR) is 110 cm³/mol. The van der Waals surface area contributed by atoms with E-state index in [9.17, 15) is 20.4 Å². The van der Waals surface area contributed by atoms with Gasteiger partial charge in [-0.05, 0) is 18.8 Å². The fourth-order valence-electron chi connectivity index (χ4n) is 3.81. The Morgan fingerprint density at radius 3 is 2.47 bits per heavy atom. The topological polar surface area (TPSA) is 130 Å². The normalized spacial score (nSPS) is 28.0. The number of aliphatic hydroxyl groups excluding tert-OH is 4. The first kappa shape index (κ1) is 25.2. The van der Waals surface area contributed by atoms with E-state index in [4.69, 9.17) is 9.47 Å². The lowest BCUT2D eigenvalue weighted by Gasteiger charge is -2.39. The molecule has 0 aliphatic carbocycles. The standard InChI is InChI=1S/C21H39N3O6/c1-3-5-7-8-10-15(9-6-4-2)11-24-12-16(22-23-24)14-29-21-20(28)19(27)18(26)17(13-25)30-21/h12,15,17-21,25-28H,3-11,13-14H2,1-2H3/t15?,17-,18-,19+,20-,21-/m1/s1. The van der Waals surface area contributed by atoms with Crippen molar-refractivity contribution in [2.24, 2.45) is 5.92 Å². The van der Waals surface area contributed by atoms with Crippen molar-refractivity contribution in [2.75, 3.05) is 6.61 Å². The number of nitrogens with zero attached hydrogens (tertiary/aromatic N) is 3. The minimum atomic E-state index is -1.45. The highest BCUT2D eigenvalue weighted by Crippen LogP contribution is 2.23. The van der Waals surface area contributed by atoms with E-state index < -0.39 is 37.3 Å². The Hall–Kier alpha value is -1.10. The molecule has 0 amide bonds. The number of aliphatic hydroxyl groups is 4. The quantitative estimate of drug-likeness (QED) is 0.326. The maximum absolute atomic E-state index is 10.0. The molecule has 1 unspecified atom stereocenters. The molecule has 2 heterocycles. The van der Waals surface area contributed by atoms with Crippen LogP contribution < -0.4 is 0 Å². The van der Waals surface area contributed by atoms with Crippen molar-refractivity contribution >= 4 is 0 Å². The number of unbranched alkanes of at least 4 members (excludes halogenated alkanes) is 4. The lowest BCUT2D eigenvalue weighted by atomic mass is 9.95. The van der Waals surface area contributed by atoms with Crippen molar-refractivity contribution in [3.63, 3.8) is 0 Å². The Morgan fingerprint density at radius 1 is 1.03 bits per heavy atom. The summed E-state index contributed by atoms with van der Waals surface area (Å²) >= 11 is 0. The number of ether oxygens (including phenoxy) is 2. The summed E-state index contributed by atoms with van der Waals surface area (Å²) in [7, 11) is 0. The zero-order valence-corrected chi connectivity index (χ0v) is 18.3. The second-order valence-electron chi connectivity index (χ2n) is 8.30. The van der Waals surface area contributed by atoms with Gasteiger partial charge in [0.15, 0.2) is 6.29 Å². The third-order valence-electron chi connectivity index (χ3n) is 5.71. The van der Waals surface area contributed by atoms with Gasteiger partial charge in [0, 0.05) is 6.54 Å². The molecule has 1 saturated heterocycles.